The second-order valence-corrected chi connectivity index (χ2v) is 12.3. The predicted octanol–water partition coefficient (Wildman–Crippen LogP) is 5.23. The maximum Gasteiger partial charge on any atom is 0.273 e. The van der Waals surface area contributed by atoms with Crippen molar-refractivity contribution in [1.82, 2.24) is 10.2 Å². The van der Waals surface area contributed by atoms with Gasteiger partial charge in [0.1, 0.15) is 24.2 Å². The lowest BCUT2D eigenvalue weighted by Gasteiger charge is -2.32. The Morgan fingerprint density at radius 3 is 2.41 bits per heavy atom. The summed E-state index contributed by atoms with van der Waals surface area (Å²) in [6, 6.07) is 11.9. The predicted molar refractivity (Wildman–Crippen MR) is 165 cm³/mol. The molecule has 11 nitrogen and oxygen atoms in total. The molecule has 14 heteroatoms. The molecular formula is C30H34ClFN4O7S. The van der Waals surface area contributed by atoms with E-state index in [0.29, 0.717) is 18.5 Å². The lowest BCUT2D eigenvalue weighted by Crippen LogP contribution is -2.51. The Hall–Kier alpha value is -4.23. The van der Waals surface area contributed by atoms with Gasteiger partial charge in [-0.3, -0.25) is 24.0 Å². The van der Waals surface area contributed by atoms with Crippen LogP contribution in [0.4, 0.5) is 15.8 Å². The monoisotopic (exact) mass is 648 g/mol. The van der Waals surface area contributed by atoms with E-state index in [1.165, 1.54) is 80.5 Å². The van der Waals surface area contributed by atoms with Gasteiger partial charge in [0, 0.05) is 29.7 Å². The van der Waals surface area contributed by atoms with Gasteiger partial charge in [0.15, 0.2) is 0 Å². The highest BCUT2D eigenvalue weighted by Gasteiger charge is 2.35. The van der Waals surface area contributed by atoms with Crippen molar-refractivity contribution in [3.8, 4) is 5.75 Å². The molecule has 0 spiro atoms. The van der Waals surface area contributed by atoms with Gasteiger partial charge in [0.2, 0.25) is 11.8 Å². The zero-order chi connectivity index (χ0) is 32.6. The van der Waals surface area contributed by atoms with E-state index in [-0.39, 0.29) is 28.6 Å². The third-order valence-electron chi connectivity index (χ3n) is 6.92. The second-order valence-electron chi connectivity index (χ2n) is 10.0. The van der Waals surface area contributed by atoms with E-state index in [1.54, 1.807) is 0 Å². The van der Waals surface area contributed by atoms with Gasteiger partial charge in [-0.2, -0.15) is 0 Å². The van der Waals surface area contributed by atoms with Crippen LogP contribution in [-0.2, 0) is 26.2 Å². The molecule has 1 N–H and O–H groups in total. The molecule has 0 fully saturated rings. The van der Waals surface area contributed by atoms with E-state index in [0.717, 1.165) is 16.8 Å². The van der Waals surface area contributed by atoms with Crippen LogP contribution in [0.3, 0.4) is 0 Å². The first-order valence-electron chi connectivity index (χ1n) is 13.7. The summed E-state index contributed by atoms with van der Waals surface area (Å²) in [5.74, 6) is -1.67. The highest BCUT2D eigenvalue weighted by atomic mass is 35.5. The summed E-state index contributed by atoms with van der Waals surface area (Å²) in [4.78, 5) is 38.8. The molecule has 236 valence electrons. The van der Waals surface area contributed by atoms with Gasteiger partial charge in [-0.05, 0) is 62.2 Å². The van der Waals surface area contributed by atoms with Crippen molar-refractivity contribution in [2.75, 3.05) is 24.5 Å². The summed E-state index contributed by atoms with van der Waals surface area (Å²) in [5.41, 5.74) is 0.214. The number of hydrogen-bond acceptors (Lipinski definition) is 7. The molecule has 3 rings (SSSR count). The lowest BCUT2D eigenvalue weighted by molar-refractivity contribution is -0.385. The summed E-state index contributed by atoms with van der Waals surface area (Å²) in [6.07, 6.45) is 1.55. The first kappa shape index (κ1) is 34.3. The minimum Gasteiger partial charge on any atom is -0.495 e. The number of nitrogens with one attached hydrogen (secondary N) is 1. The molecule has 0 aliphatic carbocycles. The normalized spacial score (nSPS) is 11.9. The highest BCUT2D eigenvalue weighted by Crippen LogP contribution is 2.36. The molecule has 0 aliphatic heterocycles. The molecule has 3 aromatic rings. The fourth-order valence-corrected chi connectivity index (χ4v) is 5.95. The third-order valence-corrected chi connectivity index (χ3v) is 8.91. The van der Waals surface area contributed by atoms with Gasteiger partial charge in [-0.25, -0.2) is 12.8 Å². The van der Waals surface area contributed by atoms with E-state index in [2.05, 4.69) is 5.32 Å². The maximum atomic E-state index is 14.1. The average Bonchev–Trinajstić information content (AvgIpc) is 2.99. The first-order chi connectivity index (χ1) is 20.8. The van der Waals surface area contributed by atoms with Crippen LogP contribution in [-0.4, -0.2) is 56.3 Å². The van der Waals surface area contributed by atoms with Crippen molar-refractivity contribution in [2.24, 2.45) is 0 Å². The number of nitrogens with zero attached hydrogens (tertiary/aromatic N) is 3. The van der Waals surface area contributed by atoms with Crippen LogP contribution >= 0.6 is 11.6 Å². The number of aryl methyl sites for hydroxylation is 1. The molecule has 0 saturated heterocycles. The molecule has 0 aliphatic rings. The largest absolute Gasteiger partial charge is 0.495 e. The second kappa shape index (κ2) is 15.0. The Morgan fingerprint density at radius 1 is 1.11 bits per heavy atom. The van der Waals surface area contributed by atoms with Crippen molar-refractivity contribution in [1.29, 1.82) is 0 Å². The van der Waals surface area contributed by atoms with E-state index >= 15 is 0 Å². The quantitative estimate of drug-likeness (QED) is 0.143. The van der Waals surface area contributed by atoms with E-state index in [1.807, 2.05) is 6.92 Å². The Morgan fingerprint density at radius 2 is 1.80 bits per heavy atom. The number of halogens is 2. The van der Waals surface area contributed by atoms with Gasteiger partial charge in [0.05, 0.1) is 22.6 Å². The van der Waals surface area contributed by atoms with E-state index in [9.17, 15) is 32.5 Å². The molecule has 44 heavy (non-hydrogen) atoms. The fourth-order valence-electron chi connectivity index (χ4n) is 4.35. The summed E-state index contributed by atoms with van der Waals surface area (Å²) in [7, 11) is -3.35. The number of nitro groups is 1. The number of carbonyl (C=O) groups is 2. The van der Waals surface area contributed by atoms with E-state index < -0.39 is 55.7 Å². The number of carbonyl (C=O) groups excluding carboxylic acids is 2. The van der Waals surface area contributed by atoms with Crippen LogP contribution in [0.2, 0.25) is 5.02 Å². The van der Waals surface area contributed by atoms with Crippen LogP contribution < -0.4 is 14.4 Å². The van der Waals surface area contributed by atoms with E-state index in [4.69, 9.17) is 16.3 Å². The van der Waals surface area contributed by atoms with Crippen molar-refractivity contribution in [3.05, 3.63) is 92.7 Å². The number of unbranched alkanes of at least 4 members (excludes halogenated alkanes) is 1. The third kappa shape index (κ3) is 8.23. The van der Waals surface area contributed by atoms with Crippen molar-refractivity contribution < 1.29 is 32.1 Å². The highest BCUT2D eigenvalue weighted by molar-refractivity contribution is 7.92. The Bertz CT molecular complexity index is 1620. The number of amides is 2. The summed E-state index contributed by atoms with van der Waals surface area (Å²) in [6.45, 7) is 4.35. The molecule has 2 amide bonds. The van der Waals surface area contributed by atoms with Crippen LogP contribution in [0.25, 0.3) is 0 Å². The lowest BCUT2D eigenvalue weighted by atomic mass is 10.1. The number of nitro benzene ring substituents is 1. The average molecular weight is 649 g/mol. The minimum absolute atomic E-state index is 0.0582. The number of hydrogen-bond donors (Lipinski definition) is 1. The van der Waals surface area contributed by atoms with Crippen molar-refractivity contribution in [2.45, 2.75) is 51.1 Å². The molecule has 0 radical (unpaired) electrons. The van der Waals surface area contributed by atoms with Crippen molar-refractivity contribution in [3.63, 3.8) is 0 Å². The molecule has 0 heterocycles. The van der Waals surface area contributed by atoms with Crippen molar-refractivity contribution >= 4 is 44.8 Å². The standard InChI is InChI=1S/C30H34ClFN4O7S/c1-5-6-15-33-30(38)21(3)34(18-22-8-11-24(32)12-9-22)29(37)19-35(27-16-23(31)10-14-28(27)43-4)44(41,42)25-13-7-20(2)26(17-25)36(39)40/h7-14,16-17,21H,5-6,15,18-19H2,1-4H3,(H,33,38). The Balaban J connectivity index is 2.13. The SMILES string of the molecule is CCCCNC(=O)C(C)N(Cc1ccc(F)cc1)C(=O)CN(c1cc(Cl)ccc1OC)S(=O)(=O)c1ccc(C)c([N+](=O)[O-])c1. The van der Waals surface area contributed by atoms with Gasteiger partial charge >= 0.3 is 0 Å². The van der Waals surface area contributed by atoms with Gasteiger partial charge < -0.3 is 15.0 Å². The van der Waals surface area contributed by atoms with Crippen LogP contribution in [0.1, 0.15) is 37.8 Å². The molecule has 0 aromatic heterocycles. The molecule has 1 atom stereocenters. The van der Waals surface area contributed by atoms with Crippen LogP contribution in [0, 0.1) is 22.9 Å². The fraction of sp³-hybridized carbons (Fsp3) is 0.333. The topological polar surface area (TPSA) is 139 Å². The number of methoxy groups -OCH3 is 1. The zero-order valence-corrected chi connectivity index (χ0v) is 26.3. The minimum atomic E-state index is -4.65. The van der Waals surface area contributed by atoms with Gasteiger partial charge in [-0.15, -0.1) is 0 Å². The maximum absolute atomic E-state index is 14.1. The molecule has 1 unspecified atom stereocenters. The first-order valence-corrected chi connectivity index (χ1v) is 15.5. The zero-order valence-electron chi connectivity index (χ0n) is 24.7. The Labute approximate surface area is 260 Å². The Kier molecular flexibility index (Phi) is 11.7. The number of ether oxygens (including phenoxy) is 1. The molecular weight excluding hydrogens is 615 g/mol. The van der Waals surface area contributed by atoms with Gasteiger partial charge in [-0.1, -0.05) is 43.1 Å². The van der Waals surface area contributed by atoms with Crippen LogP contribution in [0.15, 0.2) is 65.6 Å². The smallest absolute Gasteiger partial charge is 0.273 e. The summed E-state index contributed by atoms with van der Waals surface area (Å²) >= 11 is 6.23. The molecule has 0 saturated carbocycles. The number of rotatable bonds is 14. The number of anilines is 1. The molecule has 0 bridgehead atoms. The van der Waals surface area contributed by atoms with Crippen LogP contribution in [0.5, 0.6) is 5.75 Å². The summed E-state index contributed by atoms with van der Waals surface area (Å²) in [5, 5.41) is 14.5. The number of sulfonamides is 1. The molecule has 3 aromatic carbocycles. The van der Waals surface area contributed by atoms with Gasteiger partial charge in [0.25, 0.3) is 15.7 Å². The summed E-state index contributed by atoms with van der Waals surface area (Å²) < 4.78 is 48.0. The number of benzene rings is 3.